The SMILES string of the molecule is Cc1nc(C(=O)N2CCC(C)C2C(=O)O)no1. The molecular formula is C10H13N3O4. The molecule has 1 saturated heterocycles. The summed E-state index contributed by atoms with van der Waals surface area (Å²) in [6.07, 6.45) is 0.666. The van der Waals surface area contributed by atoms with Gasteiger partial charge < -0.3 is 14.5 Å². The molecule has 1 aliphatic rings. The number of rotatable bonds is 2. The highest BCUT2D eigenvalue weighted by atomic mass is 16.5. The Kier molecular flexibility index (Phi) is 2.83. The summed E-state index contributed by atoms with van der Waals surface area (Å²) in [4.78, 5) is 28.2. The molecule has 0 spiro atoms. The molecule has 7 nitrogen and oxygen atoms in total. The first kappa shape index (κ1) is 11.6. The predicted molar refractivity (Wildman–Crippen MR) is 55.3 cm³/mol. The van der Waals surface area contributed by atoms with E-state index in [0.717, 1.165) is 0 Å². The largest absolute Gasteiger partial charge is 0.480 e. The van der Waals surface area contributed by atoms with E-state index in [-0.39, 0.29) is 17.6 Å². The van der Waals surface area contributed by atoms with Crippen molar-refractivity contribution < 1.29 is 19.2 Å². The zero-order valence-corrected chi connectivity index (χ0v) is 9.58. The minimum atomic E-state index is -0.997. The summed E-state index contributed by atoms with van der Waals surface area (Å²) in [6.45, 7) is 3.79. The van der Waals surface area contributed by atoms with Crippen LogP contribution in [0.3, 0.4) is 0 Å². The second-order valence-corrected chi connectivity index (χ2v) is 4.18. The molecule has 7 heteroatoms. The first-order valence-corrected chi connectivity index (χ1v) is 5.35. The molecule has 2 unspecified atom stereocenters. The van der Waals surface area contributed by atoms with Crippen molar-refractivity contribution in [2.45, 2.75) is 26.3 Å². The lowest BCUT2D eigenvalue weighted by molar-refractivity contribution is -0.142. The topological polar surface area (TPSA) is 96.5 Å². The molecule has 0 bridgehead atoms. The van der Waals surface area contributed by atoms with Crippen LogP contribution >= 0.6 is 0 Å². The van der Waals surface area contributed by atoms with Gasteiger partial charge in [0, 0.05) is 13.5 Å². The molecule has 1 aromatic rings. The fourth-order valence-corrected chi connectivity index (χ4v) is 2.07. The summed E-state index contributed by atoms with van der Waals surface area (Å²) in [6, 6.07) is -0.804. The molecule has 0 aromatic carbocycles. The van der Waals surface area contributed by atoms with Crippen LogP contribution in [0.15, 0.2) is 4.52 Å². The number of hydrogen-bond donors (Lipinski definition) is 1. The first-order valence-electron chi connectivity index (χ1n) is 5.35. The van der Waals surface area contributed by atoms with Crippen molar-refractivity contribution in [1.82, 2.24) is 15.0 Å². The third kappa shape index (κ3) is 2.00. The normalized spacial score (nSPS) is 24.0. The third-order valence-corrected chi connectivity index (χ3v) is 2.93. The zero-order valence-electron chi connectivity index (χ0n) is 9.58. The van der Waals surface area contributed by atoms with E-state index in [1.54, 1.807) is 6.92 Å². The van der Waals surface area contributed by atoms with Gasteiger partial charge in [0.15, 0.2) is 0 Å². The molecule has 1 N–H and O–H groups in total. The van der Waals surface area contributed by atoms with Gasteiger partial charge in [0.25, 0.3) is 11.7 Å². The van der Waals surface area contributed by atoms with Crippen molar-refractivity contribution in [3.05, 3.63) is 11.7 Å². The number of aliphatic carboxylic acids is 1. The Morgan fingerprint density at radius 3 is 2.76 bits per heavy atom. The lowest BCUT2D eigenvalue weighted by Crippen LogP contribution is -2.43. The van der Waals surface area contributed by atoms with Crippen LogP contribution in [0, 0.1) is 12.8 Å². The lowest BCUT2D eigenvalue weighted by atomic mass is 10.0. The predicted octanol–water partition coefficient (Wildman–Crippen LogP) is 0.313. The van der Waals surface area contributed by atoms with Gasteiger partial charge in [0.1, 0.15) is 6.04 Å². The molecule has 17 heavy (non-hydrogen) atoms. The van der Waals surface area contributed by atoms with E-state index >= 15 is 0 Å². The Morgan fingerprint density at radius 1 is 1.53 bits per heavy atom. The maximum Gasteiger partial charge on any atom is 0.326 e. The Balaban J connectivity index is 2.22. The van der Waals surface area contributed by atoms with E-state index in [2.05, 4.69) is 10.1 Å². The van der Waals surface area contributed by atoms with Crippen molar-refractivity contribution in [2.75, 3.05) is 6.54 Å². The number of carboxylic acids is 1. The molecule has 2 atom stereocenters. The van der Waals surface area contributed by atoms with Gasteiger partial charge in [-0.1, -0.05) is 12.1 Å². The number of carboxylic acid groups (broad SMARTS) is 1. The van der Waals surface area contributed by atoms with Gasteiger partial charge >= 0.3 is 5.97 Å². The number of carbonyl (C=O) groups is 2. The van der Waals surface area contributed by atoms with Crippen molar-refractivity contribution in [1.29, 1.82) is 0 Å². The average Bonchev–Trinajstić information content (AvgIpc) is 2.83. The molecule has 0 radical (unpaired) electrons. The summed E-state index contributed by atoms with van der Waals surface area (Å²) < 4.78 is 4.71. The number of aryl methyl sites for hydroxylation is 1. The monoisotopic (exact) mass is 239 g/mol. The molecule has 0 aliphatic carbocycles. The number of amides is 1. The van der Waals surface area contributed by atoms with Gasteiger partial charge in [-0.3, -0.25) is 4.79 Å². The van der Waals surface area contributed by atoms with Crippen LogP contribution in [0.5, 0.6) is 0 Å². The Hall–Kier alpha value is -1.92. The van der Waals surface area contributed by atoms with Crippen LogP contribution in [-0.4, -0.2) is 44.6 Å². The van der Waals surface area contributed by atoms with Crippen LogP contribution in [0.2, 0.25) is 0 Å². The number of aromatic nitrogens is 2. The molecule has 2 heterocycles. The number of hydrogen-bond acceptors (Lipinski definition) is 5. The molecule has 1 aliphatic heterocycles. The van der Waals surface area contributed by atoms with Crippen LogP contribution in [0.1, 0.15) is 29.9 Å². The third-order valence-electron chi connectivity index (χ3n) is 2.93. The van der Waals surface area contributed by atoms with Crippen molar-refractivity contribution >= 4 is 11.9 Å². The fourth-order valence-electron chi connectivity index (χ4n) is 2.07. The summed E-state index contributed by atoms with van der Waals surface area (Å²) in [5, 5.41) is 12.6. The highest BCUT2D eigenvalue weighted by Gasteiger charge is 2.41. The zero-order chi connectivity index (χ0) is 12.6. The van der Waals surface area contributed by atoms with Crippen molar-refractivity contribution in [3.63, 3.8) is 0 Å². The molecule has 2 rings (SSSR count). The fraction of sp³-hybridized carbons (Fsp3) is 0.600. The molecule has 0 saturated carbocycles. The minimum absolute atomic E-state index is 0.0653. The first-order chi connectivity index (χ1) is 8.00. The highest BCUT2D eigenvalue weighted by molar-refractivity contribution is 5.93. The van der Waals surface area contributed by atoms with Gasteiger partial charge in [0.2, 0.25) is 5.89 Å². The highest BCUT2D eigenvalue weighted by Crippen LogP contribution is 2.25. The average molecular weight is 239 g/mol. The molecule has 1 fully saturated rings. The van der Waals surface area contributed by atoms with Gasteiger partial charge in [-0.2, -0.15) is 4.98 Å². The maximum atomic E-state index is 12.0. The lowest BCUT2D eigenvalue weighted by Gasteiger charge is -2.21. The molecule has 92 valence electrons. The van der Waals surface area contributed by atoms with Crippen molar-refractivity contribution in [3.8, 4) is 0 Å². The molecule has 1 amide bonds. The van der Waals surface area contributed by atoms with E-state index in [1.807, 2.05) is 6.92 Å². The number of nitrogens with zero attached hydrogens (tertiary/aromatic N) is 3. The van der Waals surface area contributed by atoms with Crippen LogP contribution in [0.25, 0.3) is 0 Å². The maximum absolute atomic E-state index is 12.0. The number of carbonyl (C=O) groups excluding carboxylic acids is 1. The molecule has 1 aromatic heterocycles. The molecular weight excluding hydrogens is 226 g/mol. The second kappa shape index (κ2) is 4.15. The van der Waals surface area contributed by atoms with E-state index in [1.165, 1.54) is 4.90 Å². The summed E-state index contributed by atoms with van der Waals surface area (Å²) in [5.41, 5.74) is 0. The van der Waals surface area contributed by atoms with Crippen LogP contribution < -0.4 is 0 Å². The van der Waals surface area contributed by atoms with Gasteiger partial charge in [-0.05, 0) is 12.3 Å². The Bertz CT molecular complexity index is 456. The summed E-state index contributed by atoms with van der Waals surface area (Å²) >= 11 is 0. The van der Waals surface area contributed by atoms with E-state index in [9.17, 15) is 9.59 Å². The Morgan fingerprint density at radius 2 is 2.24 bits per heavy atom. The Labute approximate surface area is 97.4 Å². The minimum Gasteiger partial charge on any atom is -0.480 e. The quantitative estimate of drug-likeness (QED) is 0.797. The van der Waals surface area contributed by atoms with E-state index < -0.39 is 17.9 Å². The summed E-state index contributed by atoms with van der Waals surface area (Å²) in [5.74, 6) is -1.35. The van der Waals surface area contributed by atoms with Gasteiger partial charge in [0.05, 0.1) is 0 Å². The standard InChI is InChI=1S/C10H13N3O4/c1-5-3-4-13(7(5)10(15)16)9(14)8-11-6(2)17-12-8/h5,7H,3-4H2,1-2H3,(H,15,16). The van der Waals surface area contributed by atoms with E-state index in [0.29, 0.717) is 13.0 Å². The summed E-state index contributed by atoms with van der Waals surface area (Å²) in [7, 11) is 0. The van der Waals surface area contributed by atoms with Crippen LogP contribution in [-0.2, 0) is 4.79 Å². The smallest absolute Gasteiger partial charge is 0.326 e. The number of likely N-dealkylation sites (tertiary alicyclic amines) is 1. The van der Waals surface area contributed by atoms with Gasteiger partial charge in [-0.25, -0.2) is 4.79 Å². The van der Waals surface area contributed by atoms with Crippen molar-refractivity contribution in [2.24, 2.45) is 5.92 Å². The second-order valence-electron chi connectivity index (χ2n) is 4.18. The van der Waals surface area contributed by atoms with E-state index in [4.69, 9.17) is 9.63 Å². The van der Waals surface area contributed by atoms with Crippen LogP contribution in [0.4, 0.5) is 0 Å². The van der Waals surface area contributed by atoms with Gasteiger partial charge in [-0.15, -0.1) is 0 Å².